The lowest BCUT2D eigenvalue weighted by atomic mass is 9.80. The Morgan fingerprint density at radius 3 is 2.48 bits per heavy atom. The van der Waals surface area contributed by atoms with E-state index in [0.717, 1.165) is 11.0 Å². The number of Topliss-reactive ketones (excluding diaryl/α,β-unsaturated/α-hetero) is 1. The van der Waals surface area contributed by atoms with Crippen LogP contribution in [0, 0.1) is 27.4 Å². The molecule has 2 fully saturated rings. The van der Waals surface area contributed by atoms with Gasteiger partial charge in [-0.1, -0.05) is 26.8 Å². The number of nitro benzene ring substituents is 1. The van der Waals surface area contributed by atoms with Gasteiger partial charge in [-0.2, -0.15) is 5.10 Å². The Labute approximate surface area is 178 Å². The lowest BCUT2D eigenvalue weighted by molar-refractivity contribution is -0.384. The van der Waals surface area contributed by atoms with Gasteiger partial charge in [-0.25, -0.2) is 4.90 Å². The molecule has 0 unspecified atom stereocenters. The third-order valence-corrected chi connectivity index (χ3v) is 5.91. The van der Waals surface area contributed by atoms with Gasteiger partial charge in [0.15, 0.2) is 5.78 Å². The standard InChI is InChI=1S/C21H22N4O6/c1-21(2,3)18(26)17-16-15(12-6-5-9-22-24(12)17)19(27)23(20(16)28)13-10-11(25(29)30)7-8-14(13)31-4/h5-10,12,15-17H,1-4H3/t12-,15+,16+,17-/m1/s1. The van der Waals surface area contributed by atoms with Crippen LogP contribution in [0.5, 0.6) is 5.75 Å². The number of carbonyl (C=O) groups excluding carboxylic acids is 3. The first-order chi connectivity index (χ1) is 14.6. The highest BCUT2D eigenvalue weighted by Crippen LogP contribution is 2.48. The van der Waals surface area contributed by atoms with Crippen LogP contribution in [-0.4, -0.2) is 52.9 Å². The van der Waals surface area contributed by atoms with E-state index in [9.17, 15) is 24.5 Å². The number of nitrogens with zero attached hydrogens (tertiary/aromatic N) is 4. The van der Waals surface area contributed by atoms with Crippen molar-refractivity contribution >= 4 is 35.2 Å². The van der Waals surface area contributed by atoms with Crippen LogP contribution >= 0.6 is 0 Å². The number of nitro groups is 1. The number of hydrogen-bond acceptors (Lipinski definition) is 8. The molecule has 162 valence electrons. The molecule has 4 atom stereocenters. The Hall–Kier alpha value is -3.56. The fourth-order valence-electron chi connectivity index (χ4n) is 4.49. The van der Waals surface area contributed by atoms with Gasteiger partial charge in [0.25, 0.3) is 5.69 Å². The second kappa shape index (κ2) is 7.00. The van der Waals surface area contributed by atoms with Crippen LogP contribution in [0.15, 0.2) is 35.5 Å². The van der Waals surface area contributed by atoms with E-state index in [1.165, 1.54) is 25.5 Å². The second-order valence-corrected chi connectivity index (χ2v) is 8.76. The van der Waals surface area contributed by atoms with Gasteiger partial charge in [0.1, 0.15) is 17.5 Å². The Morgan fingerprint density at radius 2 is 1.87 bits per heavy atom. The minimum Gasteiger partial charge on any atom is -0.495 e. The van der Waals surface area contributed by atoms with E-state index in [1.807, 2.05) is 0 Å². The number of carbonyl (C=O) groups is 3. The van der Waals surface area contributed by atoms with Crippen molar-refractivity contribution in [1.82, 2.24) is 5.01 Å². The SMILES string of the molecule is COc1ccc([N+](=O)[O-])cc1N1C(=O)[C@@H]2[C@H](C1=O)[C@H](C(=O)C(C)(C)C)N1N=CC=C[C@H]21. The average Bonchev–Trinajstić information content (AvgIpc) is 3.19. The summed E-state index contributed by atoms with van der Waals surface area (Å²) in [6, 6.07) is 2.25. The molecule has 10 nitrogen and oxygen atoms in total. The van der Waals surface area contributed by atoms with Gasteiger partial charge in [-0.15, -0.1) is 0 Å². The number of hydrazone groups is 1. The third-order valence-electron chi connectivity index (χ3n) is 5.91. The molecule has 0 N–H and O–H groups in total. The number of rotatable bonds is 4. The molecule has 10 heteroatoms. The number of ether oxygens (including phenoxy) is 1. The van der Waals surface area contributed by atoms with Crippen molar-refractivity contribution in [1.29, 1.82) is 0 Å². The molecule has 3 heterocycles. The summed E-state index contributed by atoms with van der Waals surface area (Å²) in [4.78, 5) is 51.9. The van der Waals surface area contributed by atoms with Gasteiger partial charge < -0.3 is 4.74 Å². The zero-order chi connectivity index (χ0) is 22.7. The first kappa shape index (κ1) is 20.7. The van der Waals surface area contributed by atoms with E-state index in [0.29, 0.717) is 0 Å². The molecule has 2 amide bonds. The van der Waals surface area contributed by atoms with Crippen LogP contribution in [0.2, 0.25) is 0 Å². The van der Waals surface area contributed by atoms with Crippen molar-refractivity contribution in [2.24, 2.45) is 22.4 Å². The van der Waals surface area contributed by atoms with Crippen LogP contribution in [0.3, 0.4) is 0 Å². The monoisotopic (exact) mass is 426 g/mol. The normalized spacial score (nSPS) is 26.8. The number of imide groups is 1. The summed E-state index contributed by atoms with van der Waals surface area (Å²) in [6.07, 6.45) is 4.95. The number of fused-ring (bicyclic) bond motifs is 3. The Bertz CT molecular complexity index is 1060. The van der Waals surface area contributed by atoms with E-state index >= 15 is 0 Å². The summed E-state index contributed by atoms with van der Waals surface area (Å²) < 4.78 is 5.26. The number of ketones is 1. The van der Waals surface area contributed by atoms with Crippen LogP contribution in [0.25, 0.3) is 0 Å². The first-order valence-corrected chi connectivity index (χ1v) is 9.81. The Balaban J connectivity index is 1.83. The number of non-ortho nitro benzene ring substituents is 1. The van der Waals surface area contributed by atoms with Crippen molar-refractivity contribution in [3.05, 3.63) is 40.5 Å². The molecule has 1 aromatic rings. The summed E-state index contributed by atoms with van der Waals surface area (Å²) in [7, 11) is 1.35. The topological polar surface area (TPSA) is 122 Å². The van der Waals surface area contributed by atoms with Crippen LogP contribution < -0.4 is 9.64 Å². The molecule has 0 radical (unpaired) electrons. The van der Waals surface area contributed by atoms with Crippen molar-refractivity contribution in [3.63, 3.8) is 0 Å². The van der Waals surface area contributed by atoms with Gasteiger partial charge >= 0.3 is 0 Å². The molecule has 1 aromatic carbocycles. The molecule has 0 bridgehead atoms. The van der Waals surface area contributed by atoms with E-state index in [-0.39, 0.29) is 22.9 Å². The third kappa shape index (κ3) is 3.01. The maximum absolute atomic E-state index is 13.6. The van der Waals surface area contributed by atoms with E-state index in [4.69, 9.17) is 4.74 Å². The van der Waals surface area contributed by atoms with Gasteiger partial charge in [0.05, 0.1) is 29.9 Å². The molecule has 4 rings (SSSR count). The molecule has 0 aromatic heterocycles. The van der Waals surface area contributed by atoms with Crippen LogP contribution in [0.4, 0.5) is 11.4 Å². The predicted octanol–water partition coefficient (Wildman–Crippen LogP) is 1.93. The molecular formula is C21H22N4O6. The summed E-state index contributed by atoms with van der Waals surface area (Å²) in [5, 5.41) is 17.1. The number of methoxy groups -OCH3 is 1. The molecule has 0 aliphatic carbocycles. The number of amides is 2. The first-order valence-electron chi connectivity index (χ1n) is 9.81. The van der Waals surface area contributed by atoms with Crippen molar-refractivity contribution in [3.8, 4) is 5.75 Å². The maximum Gasteiger partial charge on any atom is 0.271 e. The summed E-state index contributed by atoms with van der Waals surface area (Å²) in [6.45, 7) is 5.26. The smallest absolute Gasteiger partial charge is 0.271 e. The number of benzene rings is 1. The highest BCUT2D eigenvalue weighted by Gasteiger charge is 2.65. The zero-order valence-corrected chi connectivity index (χ0v) is 17.5. The molecule has 0 spiro atoms. The van der Waals surface area contributed by atoms with Crippen molar-refractivity contribution < 1.29 is 24.0 Å². The van der Waals surface area contributed by atoms with Gasteiger partial charge in [-0.05, 0) is 12.1 Å². The minimum absolute atomic E-state index is 0.00195. The quantitative estimate of drug-likeness (QED) is 0.409. The van der Waals surface area contributed by atoms with E-state index in [2.05, 4.69) is 5.10 Å². The van der Waals surface area contributed by atoms with Crippen LogP contribution in [0.1, 0.15) is 20.8 Å². The fourth-order valence-corrected chi connectivity index (χ4v) is 4.49. The van der Waals surface area contributed by atoms with Crippen molar-refractivity contribution in [2.45, 2.75) is 32.9 Å². The number of anilines is 1. The number of hydrogen-bond donors (Lipinski definition) is 0. The largest absolute Gasteiger partial charge is 0.495 e. The molecule has 2 saturated heterocycles. The highest BCUT2D eigenvalue weighted by molar-refractivity contribution is 6.25. The summed E-state index contributed by atoms with van der Waals surface area (Å²) in [5.41, 5.74) is -1.04. The van der Waals surface area contributed by atoms with Crippen LogP contribution in [-0.2, 0) is 14.4 Å². The molecular weight excluding hydrogens is 404 g/mol. The maximum atomic E-state index is 13.6. The Morgan fingerprint density at radius 1 is 1.19 bits per heavy atom. The Kier molecular flexibility index (Phi) is 4.68. The van der Waals surface area contributed by atoms with Gasteiger partial charge in [0, 0.05) is 23.8 Å². The fraction of sp³-hybridized carbons (Fsp3) is 0.429. The van der Waals surface area contributed by atoms with E-state index in [1.54, 1.807) is 37.9 Å². The second-order valence-electron chi connectivity index (χ2n) is 8.76. The molecule has 0 saturated carbocycles. The molecule has 3 aliphatic heterocycles. The minimum atomic E-state index is -0.951. The number of allylic oxidation sites excluding steroid dienone is 1. The molecule has 3 aliphatic rings. The van der Waals surface area contributed by atoms with Gasteiger partial charge in [0.2, 0.25) is 11.8 Å². The summed E-state index contributed by atoms with van der Waals surface area (Å²) >= 11 is 0. The summed E-state index contributed by atoms with van der Waals surface area (Å²) in [5.74, 6) is -2.95. The lowest BCUT2D eigenvalue weighted by Gasteiger charge is -2.33. The lowest BCUT2D eigenvalue weighted by Crippen LogP contribution is -2.49. The van der Waals surface area contributed by atoms with Gasteiger partial charge in [-0.3, -0.25) is 29.5 Å². The van der Waals surface area contributed by atoms with Crippen molar-refractivity contribution in [2.75, 3.05) is 12.0 Å². The zero-order valence-electron chi connectivity index (χ0n) is 17.5. The van der Waals surface area contributed by atoms with E-state index < -0.39 is 46.1 Å². The predicted molar refractivity (Wildman–Crippen MR) is 111 cm³/mol. The molecule has 31 heavy (non-hydrogen) atoms. The highest BCUT2D eigenvalue weighted by atomic mass is 16.6. The average molecular weight is 426 g/mol.